The van der Waals surface area contributed by atoms with Crippen molar-refractivity contribution in [2.75, 3.05) is 0 Å². The highest BCUT2D eigenvalue weighted by molar-refractivity contribution is 5.68. The lowest BCUT2D eigenvalue weighted by Gasteiger charge is -2.27. The Balaban J connectivity index is 3.63. The predicted molar refractivity (Wildman–Crippen MR) is 147 cm³/mol. The van der Waals surface area contributed by atoms with E-state index in [-0.39, 0.29) is 0 Å². The number of carbonyl (C=O) groups is 2. The lowest BCUT2D eigenvalue weighted by Crippen LogP contribution is -2.14. The molecule has 0 saturated heterocycles. The molecule has 0 rings (SSSR count). The highest BCUT2D eigenvalue weighted by Gasteiger charge is 2.20. The van der Waals surface area contributed by atoms with Gasteiger partial charge in [-0.15, -0.1) is 0 Å². The van der Waals surface area contributed by atoms with Crippen LogP contribution in [0.2, 0.25) is 0 Å². The first-order valence-electron chi connectivity index (χ1n) is 14.8. The Hall–Kier alpha value is -1.14. The van der Waals surface area contributed by atoms with Gasteiger partial charge in [0.25, 0.3) is 0 Å². The normalized spacial score (nSPS) is 12.1. The van der Waals surface area contributed by atoms with E-state index in [1.165, 1.54) is 89.9 Å². The molecule has 0 heterocycles. The summed E-state index contributed by atoms with van der Waals surface area (Å²) in [5, 5.41) is 16.5. The third-order valence-electron chi connectivity index (χ3n) is 7.63. The van der Waals surface area contributed by atoms with Crippen molar-refractivity contribution in [3.05, 3.63) is 0 Å². The molecule has 0 saturated carbocycles. The smallest absolute Gasteiger partial charge is 0.301 e. The van der Waals surface area contributed by atoms with Crippen LogP contribution in [-0.2, 0) is 19.4 Å². The second-order valence-corrected chi connectivity index (χ2v) is 12.4. The first-order valence-corrected chi connectivity index (χ1v) is 14.8. The fraction of sp³-hybridized carbons (Fsp3) is 0.933. The van der Waals surface area contributed by atoms with Gasteiger partial charge in [-0.25, -0.2) is 9.59 Å². The van der Waals surface area contributed by atoms with Crippen molar-refractivity contribution in [1.82, 2.24) is 0 Å². The van der Waals surface area contributed by atoms with Gasteiger partial charge in [0.05, 0.1) is 0 Å². The Morgan fingerprint density at radius 2 is 0.667 bits per heavy atom. The Kier molecular flexibility index (Phi) is 21.2. The van der Waals surface area contributed by atoms with E-state index in [9.17, 15) is 9.59 Å². The van der Waals surface area contributed by atoms with Crippen molar-refractivity contribution in [3.63, 3.8) is 0 Å². The number of hydrogen-bond donors (Lipinski definition) is 2. The Labute approximate surface area is 221 Å². The van der Waals surface area contributed by atoms with E-state index in [2.05, 4.69) is 37.5 Å². The molecule has 0 spiro atoms. The van der Waals surface area contributed by atoms with Gasteiger partial charge in [-0.1, -0.05) is 118 Å². The zero-order chi connectivity index (χ0) is 27.1. The van der Waals surface area contributed by atoms with Crippen LogP contribution < -0.4 is 0 Å². The van der Waals surface area contributed by atoms with Crippen LogP contribution in [0, 0.1) is 10.8 Å². The maximum absolute atomic E-state index is 10.9. The molecule has 0 aliphatic heterocycles. The largest absolute Gasteiger partial charge is 0.342 e. The summed E-state index contributed by atoms with van der Waals surface area (Å²) in [5.74, 6) is -1.05. The van der Waals surface area contributed by atoms with Gasteiger partial charge in [0, 0.05) is 12.8 Å². The van der Waals surface area contributed by atoms with E-state index in [0.717, 1.165) is 38.5 Å². The average Bonchev–Trinajstić information content (AvgIpc) is 2.84. The number of rotatable bonds is 25. The van der Waals surface area contributed by atoms with Crippen LogP contribution in [-0.4, -0.2) is 22.5 Å². The summed E-state index contributed by atoms with van der Waals surface area (Å²) in [7, 11) is 0. The molecular weight excluding hydrogens is 456 g/mol. The van der Waals surface area contributed by atoms with Gasteiger partial charge in [0.1, 0.15) is 0 Å². The number of unbranched alkanes of at least 4 members (excludes halogenated alkanes) is 13. The maximum Gasteiger partial charge on any atom is 0.342 e. The third-order valence-corrected chi connectivity index (χ3v) is 7.63. The monoisotopic (exact) mass is 514 g/mol. The summed E-state index contributed by atoms with van der Waals surface area (Å²) in [6, 6.07) is 0. The standard InChI is InChI=1S/C30H58O6/c1-29(2,23-17-13-9-5-7-11-15-21-27(31)35-33)25-19-20-26-30(3,4)24-18-14-10-6-8-12-16-22-28(32)36-34/h33-34H,5-26H2,1-4H3. The molecule has 2 N–H and O–H groups in total. The molecular formula is C30H58O6. The van der Waals surface area contributed by atoms with Gasteiger partial charge in [-0.05, 0) is 49.4 Å². The van der Waals surface area contributed by atoms with Crippen molar-refractivity contribution in [1.29, 1.82) is 0 Å². The fourth-order valence-electron chi connectivity index (χ4n) is 5.06. The minimum atomic E-state index is -0.525. The highest BCUT2D eigenvalue weighted by atomic mass is 17.1. The van der Waals surface area contributed by atoms with E-state index >= 15 is 0 Å². The summed E-state index contributed by atoms with van der Waals surface area (Å²) in [6.45, 7) is 9.71. The van der Waals surface area contributed by atoms with E-state index < -0.39 is 11.9 Å². The van der Waals surface area contributed by atoms with E-state index in [1.54, 1.807) is 0 Å². The Morgan fingerprint density at radius 3 is 0.944 bits per heavy atom. The van der Waals surface area contributed by atoms with Gasteiger partial charge >= 0.3 is 11.9 Å². The molecule has 0 fully saturated rings. The topological polar surface area (TPSA) is 93.1 Å². The van der Waals surface area contributed by atoms with Crippen molar-refractivity contribution >= 4 is 11.9 Å². The van der Waals surface area contributed by atoms with E-state index in [4.69, 9.17) is 10.5 Å². The van der Waals surface area contributed by atoms with Gasteiger partial charge < -0.3 is 9.78 Å². The van der Waals surface area contributed by atoms with Gasteiger partial charge in [0.2, 0.25) is 0 Å². The summed E-state index contributed by atoms with van der Waals surface area (Å²) in [4.78, 5) is 29.1. The molecule has 0 aliphatic rings. The molecule has 0 unspecified atom stereocenters. The highest BCUT2D eigenvalue weighted by Crippen LogP contribution is 2.34. The van der Waals surface area contributed by atoms with Crippen molar-refractivity contribution in [2.45, 2.75) is 169 Å². The molecule has 0 atom stereocenters. The molecule has 0 amide bonds. The molecule has 6 nitrogen and oxygen atoms in total. The van der Waals surface area contributed by atoms with Crippen LogP contribution in [0.5, 0.6) is 0 Å². The molecule has 0 aromatic carbocycles. The number of hydrogen-bond acceptors (Lipinski definition) is 6. The van der Waals surface area contributed by atoms with Crippen LogP contribution in [0.4, 0.5) is 0 Å². The minimum Gasteiger partial charge on any atom is -0.301 e. The molecule has 0 bridgehead atoms. The SMILES string of the molecule is CC(C)(CCCCCCCCCC(=O)OO)CCCCC(C)(C)CCCCCCCCCC(=O)OO. The Bertz CT molecular complexity index is 496. The second kappa shape index (κ2) is 21.9. The van der Waals surface area contributed by atoms with E-state index in [0.29, 0.717) is 23.7 Å². The van der Waals surface area contributed by atoms with Crippen LogP contribution >= 0.6 is 0 Å². The molecule has 0 radical (unpaired) electrons. The zero-order valence-electron chi connectivity index (χ0n) is 24.1. The molecule has 0 aromatic rings. The lowest BCUT2D eigenvalue weighted by molar-refractivity contribution is -0.234. The first-order chi connectivity index (χ1) is 17.1. The quantitative estimate of drug-likeness (QED) is 0.0715. The van der Waals surface area contributed by atoms with Gasteiger partial charge in [0.15, 0.2) is 0 Å². The van der Waals surface area contributed by atoms with Crippen molar-refractivity contribution in [3.8, 4) is 0 Å². The summed E-state index contributed by atoms with van der Waals surface area (Å²) in [6.07, 6.45) is 24.8. The summed E-state index contributed by atoms with van der Waals surface area (Å²) in [5.41, 5.74) is 0.875. The predicted octanol–water partition coefficient (Wildman–Crippen LogP) is 9.65. The van der Waals surface area contributed by atoms with Gasteiger partial charge in [-0.2, -0.15) is 10.5 Å². The Morgan fingerprint density at radius 1 is 0.444 bits per heavy atom. The average molecular weight is 515 g/mol. The first kappa shape index (κ1) is 34.9. The van der Waals surface area contributed by atoms with Crippen LogP contribution in [0.25, 0.3) is 0 Å². The molecule has 214 valence electrons. The van der Waals surface area contributed by atoms with E-state index in [1.807, 2.05) is 0 Å². The third kappa shape index (κ3) is 23.3. The second-order valence-electron chi connectivity index (χ2n) is 12.4. The molecule has 36 heavy (non-hydrogen) atoms. The molecule has 0 aromatic heterocycles. The van der Waals surface area contributed by atoms with Crippen LogP contribution in [0.3, 0.4) is 0 Å². The summed E-state index contributed by atoms with van der Waals surface area (Å²) >= 11 is 0. The van der Waals surface area contributed by atoms with Crippen molar-refractivity contribution < 1.29 is 29.9 Å². The van der Waals surface area contributed by atoms with Crippen LogP contribution in [0.15, 0.2) is 0 Å². The molecule has 0 aliphatic carbocycles. The zero-order valence-corrected chi connectivity index (χ0v) is 24.1. The molecule has 6 heteroatoms. The summed E-state index contributed by atoms with van der Waals surface area (Å²) < 4.78 is 0. The number of carbonyl (C=O) groups excluding carboxylic acids is 2. The fourth-order valence-corrected chi connectivity index (χ4v) is 5.06. The lowest BCUT2D eigenvalue weighted by atomic mass is 9.78. The van der Waals surface area contributed by atoms with Crippen molar-refractivity contribution in [2.24, 2.45) is 10.8 Å². The maximum atomic E-state index is 10.9. The van der Waals surface area contributed by atoms with Crippen LogP contribution in [0.1, 0.15) is 169 Å². The minimum absolute atomic E-state index is 0.318. The van der Waals surface area contributed by atoms with Gasteiger partial charge in [-0.3, -0.25) is 0 Å².